The van der Waals surface area contributed by atoms with Crippen LogP contribution in [0.3, 0.4) is 0 Å². The lowest BCUT2D eigenvalue weighted by Gasteiger charge is -2.30. The van der Waals surface area contributed by atoms with Crippen molar-refractivity contribution in [1.29, 1.82) is 0 Å². The molecule has 0 saturated carbocycles. The Bertz CT molecular complexity index is 202. The van der Waals surface area contributed by atoms with Crippen LogP contribution in [0.1, 0.15) is 46.5 Å². The summed E-state index contributed by atoms with van der Waals surface area (Å²) in [4.78, 5) is 0. The van der Waals surface area contributed by atoms with Crippen molar-refractivity contribution < 1.29 is 8.85 Å². The summed E-state index contributed by atoms with van der Waals surface area (Å²) < 4.78 is 12.0. The van der Waals surface area contributed by atoms with Crippen LogP contribution in [-0.2, 0) is 8.85 Å². The minimum atomic E-state index is -1.87. The molecule has 0 aliphatic carbocycles. The van der Waals surface area contributed by atoms with Crippen molar-refractivity contribution in [2.75, 3.05) is 26.3 Å². The zero-order valence-electron chi connectivity index (χ0n) is 12.5. The zero-order valence-corrected chi connectivity index (χ0v) is 13.5. The highest BCUT2D eigenvalue weighted by Gasteiger charge is 2.34. The van der Waals surface area contributed by atoms with Gasteiger partial charge in [0.2, 0.25) is 0 Å². The van der Waals surface area contributed by atoms with E-state index in [1.165, 1.54) is 44.8 Å². The predicted molar refractivity (Wildman–Crippen MR) is 79.1 cm³/mol. The van der Waals surface area contributed by atoms with Crippen LogP contribution in [0.4, 0.5) is 0 Å². The molecule has 1 aliphatic rings. The van der Waals surface area contributed by atoms with Crippen molar-refractivity contribution in [3.8, 4) is 0 Å². The Kier molecular flexibility index (Phi) is 8.14. The number of hydrogen-bond donors (Lipinski definition) is 1. The Balaban J connectivity index is 2.30. The quantitative estimate of drug-likeness (QED) is 0.654. The molecule has 0 radical (unpaired) electrons. The molecular weight excluding hydrogens is 242 g/mol. The molecule has 1 unspecified atom stereocenters. The van der Waals surface area contributed by atoms with Crippen molar-refractivity contribution in [3.05, 3.63) is 0 Å². The van der Waals surface area contributed by atoms with Crippen molar-refractivity contribution in [3.63, 3.8) is 0 Å². The number of rotatable bonds is 9. The van der Waals surface area contributed by atoms with Crippen LogP contribution in [0, 0.1) is 5.92 Å². The fourth-order valence-corrected chi connectivity index (χ4v) is 5.85. The molecule has 4 heteroatoms. The maximum absolute atomic E-state index is 6.01. The second kappa shape index (κ2) is 9.07. The van der Waals surface area contributed by atoms with E-state index in [1.807, 2.05) is 0 Å². The van der Waals surface area contributed by atoms with Gasteiger partial charge < -0.3 is 14.2 Å². The summed E-state index contributed by atoms with van der Waals surface area (Å²) in [6.07, 6.45) is 5.35. The summed E-state index contributed by atoms with van der Waals surface area (Å²) in [6.45, 7) is 10.4. The van der Waals surface area contributed by atoms with Crippen LogP contribution in [0.5, 0.6) is 0 Å². The molecule has 1 aliphatic heterocycles. The first kappa shape index (κ1) is 16.2. The topological polar surface area (TPSA) is 30.5 Å². The second-order valence-corrected chi connectivity index (χ2v) is 8.84. The Hall–Kier alpha value is 0.0969. The van der Waals surface area contributed by atoms with Gasteiger partial charge in [-0.3, -0.25) is 0 Å². The van der Waals surface area contributed by atoms with Gasteiger partial charge in [-0.15, -0.1) is 0 Å². The highest BCUT2D eigenvalue weighted by atomic mass is 28.4. The lowest BCUT2D eigenvalue weighted by atomic mass is 9.95. The molecular formula is C14H31NO2Si. The first-order valence-electron chi connectivity index (χ1n) is 7.75. The van der Waals surface area contributed by atoms with E-state index in [4.69, 9.17) is 8.85 Å². The first-order valence-corrected chi connectivity index (χ1v) is 9.98. The largest absolute Gasteiger partial charge is 0.394 e. The molecule has 1 N–H and O–H groups in total. The average molecular weight is 273 g/mol. The second-order valence-electron chi connectivity index (χ2n) is 5.23. The summed E-state index contributed by atoms with van der Waals surface area (Å²) in [7, 11) is -1.87. The van der Waals surface area contributed by atoms with E-state index in [1.54, 1.807) is 0 Å². The van der Waals surface area contributed by atoms with E-state index in [0.29, 0.717) is 0 Å². The zero-order chi connectivity index (χ0) is 13.3. The van der Waals surface area contributed by atoms with Crippen LogP contribution in [0.2, 0.25) is 12.1 Å². The summed E-state index contributed by atoms with van der Waals surface area (Å²) >= 11 is 0. The third-order valence-corrected chi connectivity index (χ3v) is 7.74. The molecule has 108 valence electrons. The first-order chi connectivity index (χ1) is 8.76. The summed E-state index contributed by atoms with van der Waals surface area (Å²) in [5.41, 5.74) is 0. The minimum Gasteiger partial charge on any atom is -0.394 e. The number of piperidine rings is 1. The molecule has 0 aromatic carbocycles. The van der Waals surface area contributed by atoms with E-state index in [9.17, 15) is 0 Å². The van der Waals surface area contributed by atoms with Gasteiger partial charge in [0.05, 0.1) is 0 Å². The summed E-state index contributed by atoms with van der Waals surface area (Å²) in [6, 6.07) is 2.25. The van der Waals surface area contributed by atoms with Crippen molar-refractivity contribution in [2.45, 2.75) is 58.5 Å². The van der Waals surface area contributed by atoms with Gasteiger partial charge in [-0.25, -0.2) is 0 Å². The van der Waals surface area contributed by atoms with E-state index < -0.39 is 8.56 Å². The fraction of sp³-hybridized carbons (Fsp3) is 1.00. The average Bonchev–Trinajstić information content (AvgIpc) is 2.40. The Morgan fingerprint density at radius 3 is 2.39 bits per heavy atom. The molecule has 0 aromatic heterocycles. The van der Waals surface area contributed by atoms with Crippen molar-refractivity contribution >= 4 is 8.56 Å². The molecule has 18 heavy (non-hydrogen) atoms. The van der Waals surface area contributed by atoms with Crippen molar-refractivity contribution in [1.82, 2.24) is 5.32 Å². The number of nitrogens with one attached hydrogen (secondary N) is 1. The fourth-order valence-electron chi connectivity index (χ4n) is 2.92. The molecule has 0 aromatic rings. The molecule has 0 bridgehead atoms. The Morgan fingerprint density at radius 2 is 1.89 bits per heavy atom. The minimum absolute atomic E-state index is 0.797. The summed E-state index contributed by atoms with van der Waals surface area (Å²) in [5.74, 6) is 0.880. The van der Waals surface area contributed by atoms with Crippen LogP contribution in [0.15, 0.2) is 0 Å². The molecule has 0 amide bonds. The highest BCUT2D eigenvalue weighted by molar-refractivity contribution is 6.67. The van der Waals surface area contributed by atoms with Crippen LogP contribution >= 0.6 is 0 Å². The van der Waals surface area contributed by atoms with E-state index in [0.717, 1.165) is 25.2 Å². The SMILES string of the molecule is CCO[Si](CC)(CCCC1CCCNC1)OCC. The van der Waals surface area contributed by atoms with Gasteiger partial charge in [-0.2, -0.15) is 0 Å². The molecule has 1 rings (SSSR count). The Morgan fingerprint density at radius 1 is 1.17 bits per heavy atom. The normalized spacial score (nSPS) is 21.2. The number of hydrogen-bond acceptors (Lipinski definition) is 3. The van der Waals surface area contributed by atoms with Gasteiger partial charge >= 0.3 is 8.56 Å². The van der Waals surface area contributed by atoms with Crippen LogP contribution in [0.25, 0.3) is 0 Å². The van der Waals surface area contributed by atoms with Gasteiger partial charge in [0, 0.05) is 13.2 Å². The van der Waals surface area contributed by atoms with Gasteiger partial charge in [0.1, 0.15) is 0 Å². The van der Waals surface area contributed by atoms with E-state index in [-0.39, 0.29) is 0 Å². The molecule has 3 nitrogen and oxygen atoms in total. The smallest absolute Gasteiger partial charge is 0.337 e. The van der Waals surface area contributed by atoms with Gasteiger partial charge in [-0.1, -0.05) is 13.3 Å². The monoisotopic (exact) mass is 273 g/mol. The Labute approximate surface area is 114 Å². The van der Waals surface area contributed by atoms with Gasteiger partial charge in [-0.05, 0) is 64.2 Å². The maximum atomic E-state index is 6.01. The van der Waals surface area contributed by atoms with Crippen LogP contribution in [-0.4, -0.2) is 34.9 Å². The third kappa shape index (κ3) is 5.39. The third-order valence-electron chi connectivity index (χ3n) is 3.92. The predicted octanol–water partition coefficient (Wildman–Crippen LogP) is 3.30. The molecule has 1 saturated heterocycles. The van der Waals surface area contributed by atoms with Crippen molar-refractivity contribution in [2.24, 2.45) is 5.92 Å². The highest BCUT2D eigenvalue weighted by Crippen LogP contribution is 2.25. The maximum Gasteiger partial charge on any atom is 0.337 e. The lowest BCUT2D eigenvalue weighted by molar-refractivity contribution is 0.181. The standard InChI is InChI=1S/C14H31NO2Si/c1-4-16-18(6-3,17-5-2)12-8-10-14-9-7-11-15-13-14/h14-15H,4-13H2,1-3H3. The van der Waals surface area contributed by atoms with Gasteiger partial charge in [0.25, 0.3) is 0 Å². The van der Waals surface area contributed by atoms with Crippen LogP contribution < -0.4 is 5.32 Å². The van der Waals surface area contributed by atoms with Gasteiger partial charge in [0.15, 0.2) is 0 Å². The lowest BCUT2D eigenvalue weighted by Crippen LogP contribution is -2.41. The molecule has 1 heterocycles. The molecule has 1 fully saturated rings. The summed E-state index contributed by atoms with van der Waals surface area (Å²) in [5, 5.41) is 3.50. The van der Waals surface area contributed by atoms with E-state index in [2.05, 4.69) is 26.1 Å². The molecule has 1 atom stereocenters. The van der Waals surface area contributed by atoms with E-state index >= 15 is 0 Å². The molecule has 0 spiro atoms.